The van der Waals surface area contributed by atoms with Crippen LogP contribution in [0.3, 0.4) is 0 Å². The molecule has 2 aromatic carbocycles. The van der Waals surface area contributed by atoms with E-state index in [2.05, 4.69) is 15.6 Å². The molecule has 0 aliphatic heterocycles. The number of nitrogens with one attached hydrogen (secondary N) is 2. The van der Waals surface area contributed by atoms with Crippen LogP contribution < -0.4 is 10.6 Å². The molecule has 0 saturated heterocycles. The Kier molecular flexibility index (Phi) is 4.65. The molecule has 2 amide bonds. The Labute approximate surface area is 158 Å². The summed E-state index contributed by atoms with van der Waals surface area (Å²) in [4.78, 5) is 27.9. The Bertz CT molecular complexity index is 1040. The first-order chi connectivity index (χ1) is 13.0. The maximum atomic E-state index is 13.4. The fourth-order valence-corrected chi connectivity index (χ4v) is 4.68. The van der Waals surface area contributed by atoms with Gasteiger partial charge in [0.2, 0.25) is 5.91 Å². The molecule has 1 heterocycles. The first-order valence-electron chi connectivity index (χ1n) is 8.79. The number of aromatic nitrogens is 1. The Morgan fingerprint density at radius 2 is 2.07 bits per heavy atom. The molecular weight excluding hydrogens is 369 g/mol. The van der Waals surface area contributed by atoms with Gasteiger partial charge in [-0.1, -0.05) is 23.8 Å². The van der Waals surface area contributed by atoms with Crippen LogP contribution in [-0.4, -0.2) is 28.1 Å². The molecule has 0 unspecified atom stereocenters. The fraction of sp³-hybridized carbons (Fsp3) is 0.316. The zero-order chi connectivity index (χ0) is 19.0. The molecule has 8 heteroatoms. The number of thiazole rings is 1. The third-order valence-corrected chi connectivity index (χ3v) is 5.95. The summed E-state index contributed by atoms with van der Waals surface area (Å²) in [6, 6.07) is 8.05. The molecule has 1 fully saturated rings. The summed E-state index contributed by atoms with van der Waals surface area (Å²) in [5.41, 5.74) is 0.753. The van der Waals surface area contributed by atoms with Crippen LogP contribution >= 0.6 is 11.3 Å². The number of carboxylic acid groups (broad SMARTS) is 1. The van der Waals surface area contributed by atoms with E-state index in [9.17, 15) is 14.0 Å². The van der Waals surface area contributed by atoms with E-state index in [0.29, 0.717) is 11.6 Å². The molecule has 27 heavy (non-hydrogen) atoms. The van der Waals surface area contributed by atoms with Crippen molar-refractivity contribution in [2.75, 3.05) is 5.32 Å². The SMILES string of the molecule is O=C(O)N[C@H]1CCC[C@@H](C(=O)Nc2nc3ccc4cc(F)ccc4c3s2)C1. The van der Waals surface area contributed by atoms with Gasteiger partial charge in [0.05, 0.1) is 10.2 Å². The second-order valence-electron chi connectivity index (χ2n) is 6.80. The second kappa shape index (κ2) is 7.11. The predicted octanol–water partition coefficient (Wildman–Crippen LogP) is 4.35. The summed E-state index contributed by atoms with van der Waals surface area (Å²) in [6.07, 6.45) is 1.72. The average Bonchev–Trinajstić information content (AvgIpc) is 3.03. The number of benzene rings is 2. The molecule has 1 saturated carbocycles. The zero-order valence-electron chi connectivity index (χ0n) is 14.4. The maximum Gasteiger partial charge on any atom is 0.404 e. The average molecular weight is 387 g/mol. The van der Waals surface area contributed by atoms with Crippen molar-refractivity contribution in [3.63, 3.8) is 0 Å². The molecule has 140 valence electrons. The van der Waals surface area contributed by atoms with Gasteiger partial charge < -0.3 is 15.7 Å². The van der Waals surface area contributed by atoms with Gasteiger partial charge in [-0.25, -0.2) is 14.2 Å². The molecule has 3 aromatic rings. The number of carbonyl (C=O) groups is 2. The minimum Gasteiger partial charge on any atom is -0.465 e. The summed E-state index contributed by atoms with van der Waals surface area (Å²) < 4.78 is 14.3. The van der Waals surface area contributed by atoms with E-state index in [1.165, 1.54) is 23.5 Å². The molecule has 1 aromatic heterocycles. The molecule has 6 nitrogen and oxygen atoms in total. The normalized spacial score (nSPS) is 19.9. The molecule has 0 bridgehead atoms. The number of amides is 2. The third-order valence-electron chi connectivity index (χ3n) is 4.94. The fourth-order valence-electron chi connectivity index (χ4n) is 3.68. The summed E-state index contributed by atoms with van der Waals surface area (Å²) in [5.74, 6) is -0.670. The van der Waals surface area contributed by atoms with Crippen molar-refractivity contribution in [2.45, 2.75) is 31.7 Å². The van der Waals surface area contributed by atoms with E-state index in [0.717, 1.165) is 40.3 Å². The van der Waals surface area contributed by atoms with Gasteiger partial charge in [-0.05, 0) is 48.9 Å². The largest absolute Gasteiger partial charge is 0.465 e. The van der Waals surface area contributed by atoms with Crippen LogP contribution in [0.2, 0.25) is 0 Å². The van der Waals surface area contributed by atoms with Gasteiger partial charge in [0, 0.05) is 17.3 Å². The highest BCUT2D eigenvalue weighted by Crippen LogP contribution is 2.34. The van der Waals surface area contributed by atoms with Crippen molar-refractivity contribution in [1.29, 1.82) is 0 Å². The van der Waals surface area contributed by atoms with Gasteiger partial charge in [0.25, 0.3) is 0 Å². The van der Waals surface area contributed by atoms with E-state index in [-0.39, 0.29) is 23.7 Å². The van der Waals surface area contributed by atoms with Crippen LogP contribution in [0, 0.1) is 11.7 Å². The molecule has 1 aliphatic rings. The van der Waals surface area contributed by atoms with Gasteiger partial charge in [0.15, 0.2) is 5.13 Å². The lowest BCUT2D eigenvalue weighted by atomic mass is 9.85. The van der Waals surface area contributed by atoms with Crippen molar-refractivity contribution in [2.24, 2.45) is 5.92 Å². The molecule has 0 spiro atoms. The molecule has 0 radical (unpaired) electrons. The Balaban J connectivity index is 1.53. The van der Waals surface area contributed by atoms with Crippen molar-refractivity contribution in [3.8, 4) is 0 Å². The zero-order valence-corrected chi connectivity index (χ0v) is 15.2. The lowest BCUT2D eigenvalue weighted by Crippen LogP contribution is -2.40. The lowest BCUT2D eigenvalue weighted by molar-refractivity contribution is -0.121. The minimum absolute atomic E-state index is 0.138. The number of nitrogens with zero attached hydrogens (tertiary/aromatic N) is 1. The van der Waals surface area contributed by atoms with Crippen molar-refractivity contribution in [1.82, 2.24) is 10.3 Å². The molecular formula is C19H18FN3O3S. The van der Waals surface area contributed by atoms with E-state index in [1.54, 1.807) is 6.07 Å². The summed E-state index contributed by atoms with van der Waals surface area (Å²) in [7, 11) is 0. The predicted molar refractivity (Wildman–Crippen MR) is 103 cm³/mol. The number of halogens is 1. The summed E-state index contributed by atoms with van der Waals surface area (Å²) >= 11 is 1.36. The summed E-state index contributed by atoms with van der Waals surface area (Å²) in [6.45, 7) is 0. The number of hydrogen-bond acceptors (Lipinski definition) is 4. The number of anilines is 1. The smallest absolute Gasteiger partial charge is 0.404 e. The van der Waals surface area contributed by atoms with Crippen LogP contribution in [-0.2, 0) is 4.79 Å². The number of rotatable bonds is 3. The van der Waals surface area contributed by atoms with Gasteiger partial charge in [-0.15, -0.1) is 0 Å². The Hall–Kier alpha value is -2.74. The van der Waals surface area contributed by atoms with E-state index in [4.69, 9.17) is 5.11 Å². The topological polar surface area (TPSA) is 91.3 Å². The number of fused-ring (bicyclic) bond motifs is 3. The number of hydrogen-bond donors (Lipinski definition) is 3. The van der Waals surface area contributed by atoms with E-state index < -0.39 is 6.09 Å². The standard InChI is InChI=1S/C19H18FN3O3S/c20-12-5-6-14-10(8-12)4-7-15-16(14)27-18(22-15)23-17(24)11-2-1-3-13(9-11)21-19(25)26/h4-8,11,13,21H,1-3,9H2,(H,25,26)(H,22,23,24)/t11-,13+/m1/s1. The quantitative estimate of drug-likeness (QED) is 0.623. The highest BCUT2D eigenvalue weighted by molar-refractivity contribution is 7.23. The first-order valence-corrected chi connectivity index (χ1v) is 9.60. The molecule has 3 N–H and O–H groups in total. The highest BCUT2D eigenvalue weighted by atomic mass is 32.1. The highest BCUT2D eigenvalue weighted by Gasteiger charge is 2.28. The van der Waals surface area contributed by atoms with Crippen molar-refractivity contribution in [3.05, 3.63) is 36.1 Å². The summed E-state index contributed by atoms with van der Waals surface area (Å²) in [5, 5.41) is 16.4. The minimum atomic E-state index is -1.06. The lowest BCUT2D eigenvalue weighted by Gasteiger charge is -2.27. The molecule has 4 rings (SSSR count). The van der Waals surface area contributed by atoms with Crippen molar-refractivity contribution < 1.29 is 19.1 Å². The van der Waals surface area contributed by atoms with Gasteiger partial charge in [-0.2, -0.15) is 0 Å². The van der Waals surface area contributed by atoms with E-state index >= 15 is 0 Å². The third kappa shape index (κ3) is 3.71. The van der Waals surface area contributed by atoms with Gasteiger partial charge in [0.1, 0.15) is 5.82 Å². The van der Waals surface area contributed by atoms with Crippen LogP contribution in [0.25, 0.3) is 21.0 Å². The Morgan fingerprint density at radius 1 is 1.22 bits per heavy atom. The van der Waals surface area contributed by atoms with Crippen molar-refractivity contribution >= 4 is 49.5 Å². The van der Waals surface area contributed by atoms with Crippen LogP contribution in [0.1, 0.15) is 25.7 Å². The van der Waals surface area contributed by atoms with E-state index in [1.807, 2.05) is 12.1 Å². The first kappa shape index (κ1) is 17.7. The van der Waals surface area contributed by atoms with Crippen LogP contribution in [0.5, 0.6) is 0 Å². The second-order valence-corrected chi connectivity index (χ2v) is 7.80. The molecule has 1 aliphatic carbocycles. The molecule has 2 atom stereocenters. The Morgan fingerprint density at radius 3 is 2.89 bits per heavy atom. The van der Waals surface area contributed by atoms with Gasteiger partial charge in [-0.3, -0.25) is 4.79 Å². The number of carbonyl (C=O) groups excluding carboxylic acids is 1. The maximum absolute atomic E-state index is 13.4. The monoisotopic (exact) mass is 387 g/mol. The van der Waals surface area contributed by atoms with Crippen LogP contribution in [0.15, 0.2) is 30.3 Å². The van der Waals surface area contributed by atoms with Gasteiger partial charge >= 0.3 is 6.09 Å². The van der Waals surface area contributed by atoms with Crippen LogP contribution in [0.4, 0.5) is 14.3 Å².